The maximum atomic E-state index is 14.4. The number of halogens is 2. The van der Waals surface area contributed by atoms with Gasteiger partial charge in [0, 0.05) is 22.0 Å². The van der Waals surface area contributed by atoms with Crippen molar-refractivity contribution in [3.05, 3.63) is 92.1 Å². The molecule has 2 aromatic heterocycles. The van der Waals surface area contributed by atoms with Crippen molar-refractivity contribution < 1.29 is 4.39 Å². The van der Waals surface area contributed by atoms with Gasteiger partial charge < -0.3 is 0 Å². The van der Waals surface area contributed by atoms with Crippen molar-refractivity contribution in [2.24, 2.45) is 0 Å². The molecule has 2 aromatic carbocycles. The number of aryl methyl sites for hydroxylation is 3. The highest BCUT2D eigenvalue weighted by Crippen LogP contribution is 2.26. The summed E-state index contributed by atoms with van der Waals surface area (Å²) < 4.78 is 17.7. The van der Waals surface area contributed by atoms with E-state index < -0.39 is 5.82 Å². The van der Waals surface area contributed by atoms with E-state index in [1.54, 1.807) is 22.9 Å². The third-order valence-electron chi connectivity index (χ3n) is 4.95. The first kappa shape index (κ1) is 18.4. The van der Waals surface area contributed by atoms with Gasteiger partial charge in [0.05, 0.1) is 17.9 Å². The van der Waals surface area contributed by atoms with Gasteiger partial charge in [0.15, 0.2) is 0 Å². The molecule has 0 fully saturated rings. The second-order valence-electron chi connectivity index (χ2n) is 6.98. The summed E-state index contributed by atoms with van der Waals surface area (Å²) in [5.41, 5.74) is 4.30. The van der Waals surface area contributed by atoms with Crippen molar-refractivity contribution >= 4 is 22.6 Å². The molecular weight excluding hydrogens is 377 g/mol. The van der Waals surface area contributed by atoms with Crippen LogP contribution in [0.1, 0.15) is 22.4 Å². The number of fused-ring (bicyclic) bond motifs is 1. The van der Waals surface area contributed by atoms with Crippen molar-refractivity contribution in [1.82, 2.24) is 14.3 Å². The number of hydrogen-bond acceptors (Lipinski definition) is 2. The molecule has 4 aromatic rings. The van der Waals surface area contributed by atoms with E-state index in [0.717, 1.165) is 27.9 Å². The minimum Gasteiger partial charge on any atom is -0.288 e. The lowest BCUT2D eigenvalue weighted by atomic mass is 10.1. The molecule has 0 saturated heterocycles. The molecule has 6 heteroatoms. The zero-order chi connectivity index (χ0) is 20.0. The smallest absolute Gasteiger partial charge is 0.252 e. The highest BCUT2D eigenvalue weighted by Gasteiger charge is 2.19. The second kappa shape index (κ2) is 6.91. The largest absolute Gasteiger partial charge is 0.288 e. The fourth-order valence-corrected chi connectivity index (χ4v) is 3.75. The van der Waals surface area contributed by atoms with Gasteiger partial charge in [-0.05, 0) is 50.6 Å². The monoisotopic (exact) mass is 395 g/mol. The molecule has 4 nitrogen and oxygen atoms in total. The summed E-state index contributed by atoms with van der Waals surface area (Å²) in [6.45, 7) is 5.83. The van der Waals surface area contributed by atoms with Crippen molar-refractivity contribution in [1.29, 1.82) is 0 Å². The van der Waals surface area contributed by atoms with Crippen LogP contribution in [0, 0.1) is 26.6 Å². The average molecular weight is 396 g/mol. The van der Waals surface area contributed by atoms with Crippen LogP contribution in [-0.2, 0) is 6.54 Å². The normalized spacial score (nSPS) is 11.3. The number of benzene rings is 2. The molecule has 0 aliphatic heterocycles. The lowest BCUT2D eigenvalue weighted by Gasteiger charge is -2.14. The van der Waals surface area contributed by atoms with E-state index in [0.29, 0.717) is 10.7 Å². The molecule has 142 valence electrons. The first-order valence-electron chi connectivity index (χ1n) is 8.96. The Bertz CT molecular complexity index is 1240. The summed E-state index contributed by atoms with van der Waals surface area (Å²) in [7, 11) is 0. The van der Waals surface area contributed by atoms with Crippen LogP contribution in [0.2, 0.25) is 5.02 Å². The molecule has 0 spiro atoms. The van der Waals surface area contributed by atoms with Gasteiger partial charge in [0.25, 0.3) is 5.56 Å². The summed E-state index contributed by atoms with van der Waals surface area (Å²) in [6, 6.07) is 14.0. The van der Waals surface area contributed by atoms with Crippen molar-refractivity contribution in [2.75, 3.05) is 0 Å². The van der Waals surface area contributed by atoms with Gasteiger partial charge in [-0.1, -0.05) is 35.4 Å². The van der Waals surface area contributed by atoms with Gasteiger partial charge in [-0.3, -0.25) is 9.36 Å². The molecule has 0 bridgehead atoms. The Morgan fingerprint density at radius 3 is 2.46 bits per heavy atom. The van der Waals surface area contributed by atoms with E-state index >= 15 is 0 Å². The van der Waals surface area contributed by atoms with Gasteiger partial charge >= 0.3 is 0 Å². The molecule has 28 heavy (non-hydrogen) atoms. The maximum absolute atomic E-state index is 14.4. The van der Waals surface area contributed by atoms with Crippen LogP contribution in [-0.4, -0.2) is 14.3 Å². The molecule has 4 rings (SSSR count). The average Bonchev–Trinajstić information content (AvgIpc) is 2.99. The van der Waals surface area contributed by atoms with Crippen molar-refractivity contribution in [3.8, 4) is 5.69 Å². The SMILES string of the molecule is Cc1ccc(-n2nc(C)c3c(C)cc(=O)n(Cc4c(F)cccc4Cl)c32)cc1. The molecule has 0 unspecified atom stereocenters. The van der Waals surface area contributed by atoms with Gasteiger partial charge in [-0.2, -0.15) is 5.10 Å². The Morgan fingerprint density at radius 1 is 1.07 bits per heavy atom. The first-order chi connectivity index (χ1) is 13.4. The first-order valence-corrected chi connectivity index (χ1v) is 9.34. The summed E-state index contributed by atoms with van der Waals surface area (Å²) in [6.07, 6.45) is 0. The number of pyridine rings is 1. The molecule has 2 heterocycles. The van der Waals surface area contributed by atoms with E-state index in [1.165, 1.54) is 10.6 Å². The Balaban J connectivity index is 2.03. The van der Waals surface area contributed by atoms with Crippen molar-refractivity contribution in [3.63, 3.8) is 0 Å². The van der Waals surface area contributed by atoms with Crippen LogP contribution in [0.4, 0.5) is 4.39 Å². The second-order valence-corrected chi connectivity index (χ2v) is 7.39. The van der Waals surface area contributed by atoms with Crippen LogP contribution in [0.5, 0.6) is 0 Å². The summed E-state index contributed by atoms with van der Waals surface area (Å²) in [5, 5.41) is 5.84. The molecule has 0 amide bonds. The lowest BCUT2D eigenvalue weighted by Crippen LogP contribution is -2.23. The summed E-state index contributed by atoms with van der Waals surface area (Å²) >= 11 is 6.22. The van der Waals surface area contributed by atoms with E-state index in [2.05, 4.69) is 5.10 Å². The molecule has 0 saturated carbocycles. The zero-order valence-electron chi connectivity index (χ0n) is 15.8. The predicted octanol–water partition coefficient (Wildman–Crippen LogP) is 4.95. The number of nitrogens with zero attached hydrogens (tertiary/aromatic N) is 3. The molecular formula is C22H19ClFN3O. The third-order valence-corrected chi connectivity index (χ3v) is 5.30. The van der Waals surface area contributed by atoms with Gasteiger partial charge in [-0.25, -0.2) is 9.07 Å². The lowest BCUT2D eigenvalue weighted by molar-refractivity contribution is 0.598. The topological polar surface area (TPSA) is 39.8 Å². The van der Waals surface area contributed by atoms with Gasteiger partial charge in [0.2, 0.25) is 0 Å². The van der Waals surface area contributed by atoms with Crippen LogP contribution in [0.25, 0.3) is 16.7 Å². The quantitative estimate of drug-likeness (QED) is 0.492. The number of rotatable bonds is 3. The van der Waals surface area contributed by atoms with Crippen LogP contribution in [0.3, 0.4) is 0 Å². The van der Waals surface area contributed by atoms with Crippen LogP contribution < -0.4 is 5.56 Å². The molecule has 0 aliphatic carbocycles. The van der Waals surface area contributed by atoms with Crippen LogP contribution in [0.15, 0.2) is 53.3 Å². The van der Waals surface area contributed by atoms with E-state index in [1.807, 2.05) is 45.0 Å². The van der Waals surface area contributed by atoms with Gasteiger partial charge in [-0.15, -0.1) is 0 Å². The van der Waals surface area contributed by atoms with E-state index in [-0.39, 0.29) is 17.7 Å². The van der Waals surface area contributed by atoms with E-state index in [4.69, 9.17) is 11.6 Å². The zero-order valence-corrected chi connectivity index (χ0v) is 16.6. The number of hydrogen-bond donors (Lipinski definition) is 0. The summed E-state index contributed by atoms with van der Waals surface area (Å²) in [4.78, 5) is 12.9. The number of aromatic nitrogens is 3. The molecule has 0 radical (unpaired) electrons. The maximum Gasteiger partial charge on any atom is 0.252 e. The Hall–Kier alpha value is -2.92. The van der Waals surface area contributed by atoms with E-state index in [9.17, 15) is 9.18 Å². The molecule has 0 atom stereocenters. The van der Waals surface area contributed by atoms with Crippen molar-refractivity contribution in [2.45, 2.75) is 27.3 Å². The Morgan fingerprint density at radius 2 is 1.79 bits per heavy atom. The Kier molecular flexibility index (Phi) is 4.55. The standard InChI is InChI=1S/C22H19ClFN3O/c1-13-7-9-16(10-8-13)27-22-21(15(3)25-27)14(2)11-20(28)26(22)12-17-18(23)5-4-6-19(17)24/h4-11H,12H2,1-3H3. The molecule has 0 aliphatic rings. The molecule has 0 N–H and O–H groups in total. The highest BCUT2D eigenvalue weighted by molar-refractivity contribution is 6.31. The Labute approximate surface area is 166 Å². The fraction of sp³-hybridized carbons (Fsp3) is 0.182. The predicted molar refractivity (Wildman–Crippen MR) is 110 cm³/mol. The van der Waals surface area contributed by atoms with Gasteiger partial charge in [0.1, 0.15) is 11.5 Å². The fourth-order valence-electron chi connectivity index (χ4n) is 3.53. The third kappa shape index (κ3) is 3.02. The summed E-state index contributed by atoms with van der Waals surface area (Å²) in [5.74, 6) is -0.439. The minimum atomic E-state index is -0.439. The highest BCUT2D eigenvalue weighted by atomic mass is 35.5. The van der Waals surface area contributed by atoms with Crippen LogP contribution >= 0.6 is 11.6 Å². The minimum absolute atomic E-state index is 0.0259.